The van der Waals surface area contributed by atoms with Crippen LogP contribution in [0.4, 0.5) is 4.39 Å². The Bertz CT molecular complexity index is 641. The Labute approximate surface area is 153 Å². The molecule has 2 heterocycles. The van der Waals surface area contributed by atoms with E-state index in [0.29, 0.717) is 45.0 Å². The van der Waals surface area contributed by atoms with Crippen molar-refractivity contribution < 1.29 is 18.7 Å². The molecule has 0 spiro atoms. The average molecular weight is 363 g/mol. The average Bonchev–Trinajstić information content (AvgIpc) is 2.69. The zero-order chi connectivity index (χ0) is 18.5. The molecule has 26 heavy (non-hydrogen) atoms. The number of nitrogens with two attached hydrogens (primary N) is 1. The summed E-state index contributed by atoms with van der Waals surface area (Å²) in [6.07, 6.45) is 1.67. The van der Waals surface area contributed by atoms with Crippen LogP contribution in [0.15, 0.2) is 24.3 Å². The van der Waals surface area contributed by atoms with Crippen molar-refractivity contribution in [3.8, 4) is 0 Å². The third-order valence-corrected chi connectivity index (χ3v) is 5.30. The summed E-state index contributed by atoms with van der Waals surface area (Å²) in [5.41, 5.74) is 6.57. The van der Waals surface area contributed by atoms with E-state index in [4.69, 9.17) is 10.5 Å². The van der Waals surface area contributed by atoms with E-state index in [1.165, 1.54) is 6.07 Å². The van der Waals surface area contributed by atoms with E-state index in [1.807, 2.05) is 0 Å². The van der Waals surface area contributed by atoms with Crippen LogP contribution in [0.25, 0.3) is 0 Å². The number of piperazine rings is 1. The van der Waals surface area contributed by atoms with Crippen LogP contribution in [0, 0.1) is 11.7 Å². The Balaban J connectivity index is 1.49. The minimum absolute atomic E-state index is 0.0434. The highest BCUT2D eigenvalue weighted by Gasteiger charge is 2.32. The largest absolute Gasteiger partial charge is 0.381 e. The minimum Gasteiger partial charge on any atom is -0.381 e. The summed E-state index contributed by atoms with van der Waals surface area (Å²) in [5.74, 6) is -0.358. The first kappa shape index (κ1) is 18.8. The van der Waals surface area contributed by atoms with Crippen molar-refractivity contribution >= 4 is 11.8 Å². The molecule has 2 saturated heterocycles. The number of hydrogen-bond acceptors (Lipinski definition) is 4. The zero-order valence-corrected chi connectivity index (χ0v) is 14.9. The van der Waals surface area contributed by atoms with Gasteiger partial charge in [0.05, 0.1) is 12.5 Å². The van der Waals surface area contributed by atoms with Crippen molar-refractivity contribution in [3.63, 3.8) is 0 Å². The predicted octanol–water partition coefficient (Wildman–Crippen LogP) is 0.793. The molecule has 0 saturated carbocycles. The first-order valence-electron chi connectivity index (χ1n) is 9.19. The smallest absolute Gasteiger partial charge is 0.239 e. The number of hydrogen-bond donors (Lipinski definition) is 1. The second-order valence-electron chi connectivity index (χ2n) is 6.95. The minimum atomic E-state index is -0.500. The molecule has 0 aromatic heterocycles. The molecular formula is C19H26FN3O3. The maximum absolute atomic E-state index is 13.7. The van der Waals surface area contributed by atoms with E-state index in [0.717, 1.165) is 12.8 Å². The number of rotatable bonds is 4. The van der Waals surface area contributed by atoms with Gasteiger partial charge in [0, 0.05) is 39.4 Å². The van der Waals surface area contributed by atoms with Gasteiger partial charge in [0.25, 0.3) is 0 Å². The highest BCUT2D eigenvalue weighted by Crippen LogP contribution is 2.19. The third kappa shape index (κ3) is 4.40. The van der Waals surface area contributed by atoms with Gasteiger partial charge in [-0.25, -0.2) is 4.39 Å². The molecule has 0 aliphatic carbocycles. The number of carbonyl (C=O) groups is 2. The first-order chi connectivity index (χ1) is 12.6. The van der Waals surface area contributed by atoms with Gasteiger partial charge in [-0.2, -0.15) is 0 Å². The standard InChI is InChI=1S/C19H26FN3O3/c20-16-4-2-1-3-15(16)13-17(24)22-7-9-23(10-8-22)19(25)18(21)14-5-11-26-12-6-14/h1-4,14,18H,5-13,21H2. The molecular weight excluding hydrogens is 337 g/mol. The molecule has 2 amide bonds. The van der Waals surface area contributed by atoms with E-state index in [1.54, 1.807) is 28.0 Å². The summed E-state index contributed by atoms with van der Waals surface area (Å²) in [5, 5.41) is 0. The lowest BCUT2D eigenvalue weighted by Crippen LogP contribution is -2.56. The summed E-state index contributed by atoms with van der Waals surface area (Å²) in [4.78, 5) is 28.4. The summed E-state index contributed by atoms with van der Waals surface area (Å²) in [6, 6.07) is 5.81. The normalized spacial score (nSPS) is 20.1. The highest BCUT2D eigenvalue weighted by atomic mass is 19.1. The molecule has 1 aromatic carbocycles. The summed E-state index contributed by atoms with van der Waals surface area (Å²) in [6.45, 7) is 3.17. The Morgan fingerprint density at radius 2 is 1.73 bits per heavy atom. The molecule has 142 valence electrons. The van der Waals surface area contributed by atoms with Crippen LogP contribution >= 0.6 is 0 Å². The van der Waals surface area contributed by atoms with Crippen molar-refractivity contribution in [1.29, 1.82) is 0 Å². The van der Waals surface area contributed by atoms with E-state index in [2.05, 4.69) is 0 Å². The lowest BCUT2D eigenvalue weighted by molar-refractivity contribution is -0.141. The molecule has 0 bridgehead atoms. The Morgan fingerprint density at radius 3 is 2.38 bits per heavy atom. The van der Waals surface area contributed by atoms with Crippen LogP contribution in [-0.2, 0) is 20.7 Å². The highest BCUT2D eigenvalue weighted by molar-refractivity contribution is 5.83. The van der Waals surface area contributed by atoms with Crippen LogP contribution in [-0.4, -0.2) is 67.0 Å². The van der Waals surface area contributed by atoms with Gasteiger partial charge in [0.2, 0.25) is 11.8 Å². The molecule has 1 unspecified atom stereocenters. The van der Waals surface area contributed by atoms with Crippen molar-refractivity contribution in [2.24, 2.45) is 11.7 Å². The summed E-state index contributed by atoms with van der Waals surface area (Å²) >= 11 is 0. The number of benzene rings is 1. The molecule has 6 nitrogen and oxygen atoms in total. The van der Waals surface area contributed by atoms with Gasteiger partial charge >= 0.3 is 0 Å². The van der Waals surface area contributed by atoms with Crippen molar-refractivity contribution in [3.05, 3.63) is 35.6 Å². The van der Waals surface area contributed by atoms with Gasteiger partial charge in [-0.15, -0.1) is 0 Å². The van der Waals surface area contributed by atoms with Crippen LogP contribution in [0.1, 0.15) is 18.4 Å². The van der Waals surface area contributed by atoms with E-state index < -0.39 is 6.04 Å². The number of nitrogens with zero attached hydrogens (tertiary/aromatic N) is 2. The van der Waals surface area contributed by atoms with Gasteiger partial charge in [-0.1, -0.05) is 18.2 Å². The fourth-order valence-electron chi connectivity index (χ4n) is 3.58. The summed E-state index contributed by atoms with van der Waals surface area (Å²) < 4.78 is 19.0. The Morgan fingerprint density at radius 1 is 1.12 bits per heavy atom. The van der Waals surface area contributed by atoms with E-state index >= 15 is 0 Å². The molecule has 1 atom stereocenters. The number of ether oxygens (including phenoxy) is 1. The van der Waals surface area contributed by atoms with Gasteiger partial charge in [0.15, 0.2) is 0 Å². The van der Waals surface area contributed by atoms with Gasteiger partial charge in [-0.3, -0.25) is 9.59 Å². The molecule has 2 aliphatic rings. The lowest BCUT2D eigenvalue weighted by Gasteiger charge is -2.37. The fourth-order valence-corrected chi connectivity index (χ4v) is 3.58. The van der Waals surface area contributed by atoms with Gasteiger partial charge in [0.1, 0.15) is 5.82 Å². The van der Waals surface area contributed by atoms with Crippen LogP contribution in [0.3, 0.4) is 0 Å². The van der Waals surface area contributed by atoms with Crippen LogP contribution < -0.4 is 5.73 Å². The van der Waals surface area contributed by atoms with Crippen molar-refractivity contribution in [2.45, 2.75) is 25.3 Å². The molecule has 1 aromatic rings. The van der Waals surface area contributed by atoms with Crippen LogP contribution in [0.5, 0.6) is 0 Å². The van der Waals surface area contributed by atoms with Gasteiger partial charge < -0.3 is 20.3 Å². The molecule has 2 aliphatic heterocycles. The maximum atomic E-state index is 13.7. The zero-order valence-electron chi connectivity index (χ0n) is 14.9. The molecule has 2 fully saturated rings. The monoisotopic (exact) mass is 363 g/mol. The van der Waals surface area contributed by atoms with Gasteiger partial charge in [-0.05, 0) is 30.4 Å². The van der Waals surface area contributed by atoms with E-state index in [-0.39, 0.29) is 30.0 Å². The van der Waals surface area contributed by atoms with Crippen molar-refractivity contribution in [2.75, 3.05) is 39.4 Å². The van der Waals surface area contributed by atoms with Crippen molar-refractivity contribution in [1.82, 2.24) is 9.80 Å². The number of amides is 2. The lowest BCUT2D eigenvalue weighted by atomic mass is 9.91. The predicted molar refractivity (Wildman–Crippen MR) is 94.8 cm³/mol. The van der Waals surface area contributed by atoms with E-state index in [9.17, 15) is 14.0 Å². The molecule has 2 N–H and O–H groups in total. The molecule has 0 radical (unpaired) electrons. The molecule has 3 rings (SSSR count). The molecule has 7 heteroatoms. The Hall–Kier alpha value is -1.99. The topological polar surface area (TPSA) is 75.9 Å². The Kier molecular flexibility index (Phi) is 6.21. The SMILES string of the molecule is NC(C(=O)N1CCN(C(=O)Cc2ccccc2F)CC1)C1CCOCC1. The number of halogens is 1. The second-order valence-corrected chi connectivity index (χ2v) is 6.95. The first-order valence-corrected chi connectivity index (χ1v) is 9.19. The number of carbonyl (C=O) groups excluding carboxylic acids is 2. The third-order valence-electron chi connectivity index (χ3n) is 5.30. The summed E-state index contributed by atoms with van der Waals surface area (Å²) in [7, 11) is 0. The quantitative estimate of drug-likeness (QED) is 0.858. The maximum Gasteiger partial charge on any atom is 0.239 e. The fraction of sp³-hybridized carbons (Fsp3) is 0.579. The second kappa shape index (κ2) is 8.60. The van der Waals surface area contributed by atoms with Crippen LogP contribution in [0.2, 0.25) is 0 Å².